The van der Waals surface area contributed by atoms with Crippen molar-refractivity contribution in [3.8, 4) is 0 Å². The van der Waals surface area contributed by atoms with Crippen LogP contribution in [0.15, 0.2) is 18.2 Å². The molecule has 1 amide bonds. The van der Waals surface area contributed by atoms with E-state index in [0.29, 0.717) is 12.0 Å². The van der Waals surface area contributed by atoms with E-state index in [1.165, 1.54) is 6.07 Å². The first-order chi connectivity index (χ1) is 11.0. The van der Waals surface area contributed by atoms with E-state index in [0.717, 1.165) is 51.4 Å². The van der Waals surface area contributed by atoms with Gasteiger partial charge in [-0.3, -0.25) is 4.79 Å². The summed E-state index contributed by atoms with van der Waals surface area (Å²) in [4.78, 5) is 16.7. The van der Waals surface area contributed by atoms with Gasteiger partial charge in [-0.2, -0.15) is 0 Å². The minimum absolute atomic E-state index is 0.0693. The number of benzene rings is 1. The zero-order chi connectivity index (χ0) is 16.8. The largest absolute Gasteiger partial charge is 0.350 e. The third kappa shape index (κ3) is 5.25. The molecule has 0 bridgehead atoms. The van der Waals surface area contributed by atoms with Crippen LogP contribution in [0.2, 0.25) is 0 Å². The molecule has 6 heteroatoms. The van der Waals surface area contributed by atoms with Crippen LogP contribution in [0, 0.1) is 11.6 Å². The zero-order valence-corrected chi connectivity index (χ0v) is 13.8. The molecule has 1 heterocycles. The van der Waals surface area contributed by atoms with E-state index in [2.05, 4.69) is 22.0 Å². The first-order valence-corrected chi connectivity index (χ1v) is 8.18. The third-order valence-corrected chi connectivity index (χ3v) is 4.39. The van der Waals surface area contributed by atoms with Crippen LogP contribution in [-0.2, 0) is 4.79 Å². The van der Waals surface area contributed by atoms with E-state index in [9.17, 15) is 13.6 Å². The van der Waals surface area contributed by atoms with Gasteiger partial charge in [-0.05, 0) is 31.2 Å². The summed E-state index contributed by atoms with van der Waals surface area (Å²) in [7, 11) is 0. The molecular weight excluding hydrogens is 300 g/mol. The van der Waals surface area contributed by atoms with Crippen molar-refractivity contribution in [2.24, 2.45) is 0 Å². The van der Waals surface area contributed by atoms with Gasteiger partial charge in [0.25, 0.3) is 0 Å². The number of nitrogens with one attached hydrogen (secondary N) is 1. The average Bonchev–Trinajstić information content (AvgIpc) is 2.55. The predicted molar refractivity (Wildman–Crippen MR) is 86.1 cm³/mol. The lowest BCUT2D eigenvalue weighted by Gasteiger charge is -2.33. The minimum Gasteiger partial charge on any atom is -0.350 e. The van der Waals surface area contributed by atoms with Crippen molar-refractivity contribution in [1.82, 2.24) is 15.1 Å². The molecule has 1 fully saturated rings. The molecule has 128 valence electrons. The Hall–Kier alpha value is -1.53. The number of piperazine rings is 1. The van der Waals surface area contributed by atoms with Gasteiger partial charge in [0.15, 0.2) is 11.6 Å². The molecule has 0 aliphatic carbocycles. The molecule has 23 heavy (non-hydrogen) atoms. The van der Waals surface area contributed by atoms with Crippen molar-refractivity contribution in [2.75, 3.05) is 39.3 Å². The lowest BCUT2D eigenvalue weighted by Crippen LogP contribution is -2.47. The van der Waals surface area contributed by atoms with Crippen LogP contribution >= 0.6 is 0 Å². The van der Waals surface area contributed by atoms with Crippen LogP contribution in [0.4, 0.5) is 8.78 Å². The number of carbonyl (C=O) groups excluding carboxylic acids is 1. The normalized spacial score (nSPS) is 17.9. The number of likely N-dealkylation sites (N-methyl/N-ethyl adjacent to an activating group) is 1. The molecule has 0 saturated carbocycles. The Kier molecular flexibility index (Phi) is 6.47. The van der Waals surface area contributed by atoms with E-state index in [-0.39, 0.29) is 11.9 Å². The number of carbonyl (C=O) groups is 1. The van der Waals surface area contributed by atoms with Crippen LogP contribution < -0.4 is 5.32 Å². The molecule has 0 unspecified atom stereocenters. The van der Waals surface area contributed by atoms with Crippen LogP contribution in [0.25, 0.3) is 0 Å². The topological polar surface area (TPSA) is 35.6 Å². The number of halogens is 2. The maximum Gasteiger partial charge on any atom is 0.221 e. The highest BCUT2D eigenvalue weighted by atomic mass is 19.2. The second-order valence-corrected chi connectivity index (χ2v) is 5.99. The summed E-state index contributed by atoms with van der Waals surface area (Å²) in [6.07, 6.45) is 0.417. The van der Waals surface area contributed by atoms with Crippen LogP contribution in [0.3, 0.4) is 0 Å². The van der Waals surface area contributed by atoms with Crippen LogP contribution in [0.1, 0.15) is 31.9 Å². The zero-order valence-electron chi connectivity index (χ0n) is 13.8. The molecular formula is C17H25F2N3O. The summed E-state index contributed by atoms with van der Waals surface area (Å²) in [6, 6.07) is 3.37. The molecule has 1 aromatic rings. The number of hydrogen-bond acceptors (Lipinski definition) is 3. The summed E-state index contributed by atoms with van der Waals surface area (Å²) in [5.74, 6) is -1.84. The lowest BCUT2D eigenvalue weighted by atomic mass is 10.1. The summed E-state index contributed by atoms with van der Waals surface area (Å²) >= 11 is 0. The Morgan fingerprint density at radius 3 is 2.43 bits per heavy atom. The van der Waals surface area contributed by atoms with Crippen LogP contribution in [-0.4, -0.2) is 55.0 Å². The number of rotatable bonds is 6. The molecule has 1 saturated heterocycles. The molecule has 0 aromatic heterocycles. The van der Waals surface area contributed by atoms with Gasteiger partial charge < -0.3 is 15.1 Å². The second kappa shape index (κ2) is 8.36. The highest BCUT2D eigenvalue weighted by molar-refractivity contribution is 5.76. The number of hydrogen-bond donors (Lipinski definition) is 1. The number of amides is 1. The Labute approximate surface area is 136 Å². The van der Waals surface area contributed by atoms with E-state index in [1.54, 1.807) is 6.92 Å². The Morgan fingerprint density at radius 1 is 1.17 bits per heavy atom. The summed E-state index contributed by atoms with van der Waals surface area (Å²) < 4.78 is 26.2. The van der Waals surface area contributed by atoms with Gasteiger partial charge in [-0.15, -0.1) is 0 Å². The minimum atomic E-state index is -0.891. The van der Waals surface area contributed by atoms with Crippen molar-refractivity contribution in [1.29, 1.82) is 0 Å². The maximum absolute atomic E-state index is 13.2. The Bertz CT molecular complexity index is 531. The highest BCUT2D eigenvalue weighted by Gasteiger charge is 2.17. The maximum atomic E-state index is 13.2. The van der Waals surface area contributed by atoms with E-state index in [4.69, 9.17) is 0 Å². The van der Waals surface area contributed by atoms with E-state index >= 15 is 0 Å². The molecule has 1 aromatic carbocycles. The molecule has 1 N–H and O–H groups in total. The molecule has 1 atom stereocenters. The molecule has 0 radical (unpaired) electrons. The molecule has 0 spiro atoms. The predicted octanol–water partition coefficient (Wildman–Crippen LogP) is 2.17. The smallest absolute Gasteiger partial charge is 0.221 e. The first-order valence-electron chi connectivity index (χ1n) is 8.18. The van der Waals surface area contributed by atoms with Crippen LogP contribution in [0.5, 0.6) is 0 Å². The SMILES string of the molecule is CCN1CCN(CCC(=O)N[C@@H](C)c2ccc(F)c(F)c2)CC1. The molecule has 4 nitrogen and oxygen atoms in total. The fourth-order valence-electron chi connectivity index (χ4n) is 2.77. The molecule has 2 rings (SSSR count). The van der Waals surface area contributed by atoms with E-state index < -0.39 is 11.6 Å². The monoisotopic (exact) mass is 325 g/mol. The Morgan fingerprint density at radius 2 is 1.83 bits per heavy atom. The lowest BCUT2D eigenvalue weighted by molar-refractivity contribution is -0.122. The fraction of sp³-hybridized carbons (Fsp3) is 0.588. The van der Waals surface area contributed by atoms with Gasteiger partial charge in [0.2, 0.25) is 5.91 Å². The van der Waals surface area contributed by atoms with Gasteiger partial charge in [0, 0.05) is 39.1 Å². The van der Waals surface area contributed by atoms with E-state index in [1.807, 2.05) is 0 Å². The first kappa shape index (κ1) is 17.8. The average molecular weight is 325 g/mol. The van der Waals surface area contributed by atoms with Crippen molar-refractivity contribution in [3.05, 3.63) is 35.4 Å². The summed E-state index contributed by atoms with van der Waals surface area (Å²) in [6.45, 7) is 9.79. The standard InChI is InChI=1S/C17H25F2N3O/c1-3-21-8-10-22(11-9-21)7-6-17(23)20-13(2)14-4-5-15(18)16(19)12-14/h4-5,12-13H,3,6-11H2,1-2H3,(H,20,23)/t13-/m0/s1. The molecule has 1 aliphatic heterocycles. The van der Waals surface area contributed by atoms with Gasteiger partial charge in [0.05, 0.1) is 6.04 Å². The van der Waals surface area contributed by atoms with Crippen molar-refractivity contribution < 1.29 is 13.6 Å². The van der Waals surface area contributed by atoms with Gasteiger partial charge in [-0.1, -0.05) is 13.0 Å². The quantitative estimate of drug-likeness (QED) is 0.871. The van der Waals surface area contributed by atoms with Crippen molar-refractivity contribution >= 4 is 5.91 Å². The number of nitrogens with zero attached hydrogens (tertiary/aromatic N) is 2. The summed E-state index contributed by atoms with van der Waals surface area (Å²) in [5.41, 5.74) is 0.564. The molecule has 1 aliphatic rings. The fourth-order valence-corrected chi connectivity index (χ4v) is 2.77. The Balaban J connectivity index is 1.75. The second-order valence-electron chi connectivity index (χ2n) is 5.99. The third-order valence-electron chi connectivity index (χ3n) is 4.39. The van der Waals surface area contributed by atoms with Gasteiger partial charge >= 0.3 is 0 Å². The van der Waals surface area contributed by atoms with Crippen molar-refractivity contribution in [2.45, 2.75) is 26.3 Å². The van der Waals surface area contributed by atoms with Gasteiger partial charge in [-0.25, -0.2) is 8.78 Å². The highest BCUT2D eigenvalue weighted by Crippen LogP contribution is 2.16. The summed E-state index contributed by atoms with van der Waals surface area (Å²) in [5, 5.41) is 2.84. The van der Waals surface area contributed by atoms with Crippen molar-refractivity contribution in [3.63, 3.8) is 0 Å². The van der Waals surface area contributed by atoms with Gasteiger partial charge in [0.1, 0.15) is 0 Å².